The van der Waals surface area contributed by atoms with Crippen LogP contribution in [-0.2, 0) is 0 Å². The Morgan fingerprint density at radius 3 is 2.58 bits per heavy atom. The molecule has 2 rings (SSSR count). The zero-order chi connectivity index (χ0) is 14.0. The van der Waals surface area contributed by atoms with E-state index in [1.54, 1.807) is 24.3 Å². The molecule has 0 atom stereocenters. The highest BCUT2D eigenvalue weighted by Gasteiger charge is 2.10. The molecule has 0 heterocycles. The van der Waals surface area contributed by atoms with Crippen LogP contribution in [-0.4, -0.2) is 5.91 Å². The molecule has 0 aliphatic carbocycles. The van der Waals surface area contributed by atoms with E-state index in [1.165, 1.54) is 6.07 Å². The summed E-state index contributed by atoms with van der Waals surface area (Å²) in [5.74, 6) is -0.548. The van der Waals surface area contributed by atoms with Crippen molar-refractivity contribution >= 4 is 50.5 Å². The van der Waals surface area contributed by atoms with Crippen molar-refractivity contribution in [3.63, 3.8) is 0 Å². The Labute approximate surface area is 123 Å². The summed E-state index contributed by atoms with van der Waals surface area (Å²) in [6.07, 6.45) is 0. The van der Waals surface area contributed by atoms with Gasteiger partial charge in [0.1, 0.15) is 0 Å². The van der Waals surface area contributed by atoms with Gasteiger partial charge in [0.05, 0.1) is 16.9 Å². The van der Waals surface area contributed by atoms with Crippen molar-refractivity contribution < 1.29 is 4.79 Å². The maximum Gasteiger partial charge on any atom is 0.250 e. The van der Waals surface area contributed by atoms with Crippen LogP contribution in [0.5, 0.6) is 0 Å². The number of benzene rings is 2. The third-order valence-corrected chi connectivity index (χ3v) is 3.43. The Morgan fingerprint density at radius 2 is 1.89 bits per heavy atom. The van der Waals surface area contributed by atoms with Crippen LogP contribution >= 0.6 is 27.5 Å². The van der Waals surface area contributed by atoms with Gasteiger partial charge in [0, 0.05) is 15.2 Å². The fraction of sp³-hybridized carbons (Fsp3) is 0. The first kappa shape index (κ1) is 13.7. The van der Waals surface area contributed by atoms with Gasteiger partial charge >= 0.3 is 0 Å². The molecule has 0 spiro atoms. The van der Waals surface area contributed by atoms with Crippen LogP contribution in [0.4, 0.5) is 17.1 Å². The molecule has 4 nitrogen and oxygen atoms in total. The van der Waals surface area contributed by atoms with Gasteiger partial charge in [-0.1, -0.05) is 11.6 Å². The van der Waals surface area contributed by atoms with E-state index in [1.807, 2.05) is 6.07 Å². The van der Waals surface area contributed by atoms with Crippen molar-refractivity contribution in [1.29, 1.82) is 0 Å². The molecule has 0 bridgehead atoms. The molecular formula is C13H11BrClN3O. The van der Waals surface area contributed by atoms with Crippen molar-refractivity contribution in [2.45, 2.75) is 0 Å². The lowest BCUT2D eigenvalue weighted by Crippen LogP contribution is -2.13. The van der Waals surface area contributed by atoms with Gasteiger partial charge in [-0.05, 0) is 52.3 Å². The second kappa shape index (κ2) is 5.50. The minimum Gasteiger partial charge on any atom is -0.399 e. The van der Waals surface area contributed by atoms with E-state index in [-0.39, 0.29) is 0 Å². The van der Waals surface area contributed by atoms with Crippen molar-refractivity contribution in [3.05, 3.63) is 51.5 Å². The van der Waals surface area contributed by atoms with Crippen LogP contribution in [0.2, 0.25) is 5.02 Å². The number of nitrogens with one attached hydrogen (secondary N) is 1. The van der Waals surface area contributed by atoms with E-state index in [0.717, 1.165) is 10.2 Å². The van der Waals surface area contributed by atoms with E-state index in [0.29, 0.717) is 22.0 Å². The van der Waals surface area contributed by atoms with Crippen LogP contribution < -0.4 is 16.8 Å². The highest BCUT2D eigenvalue weighted by molar-refractivity contribution is 9.10. The summed E-state index contributed by atoms with van der Waals surface area (Å²) in [5.41, 5.74) is 13.1. The van der Waals surface area contributed by atoms with Crippen molar-refractivity contribution in [1.82, 2.24) is 0 Å². The Hall–Kier alpha value is -1.72. The molecule has 2 aromatic carbocycles. The fourth-order valence-electron chi connectivity index (χ4n) is 1.61. The molecule has 0 saturated heterocycles. The second-order valence-corrected chi connectivity index (χ2v) is 5.21. The quantitative estimate of drug-likeness (QED) is 0.748. The van der Waals surface area contributed by atoms with Gasteiger partial charge in [0.25, 0.3) is 5.91 Å². The average Bonchev–Trinajstić information content (AvgIpc) is 2.35. The van der Waals surface area contributed by atoms with Crippen molar-refractivity contribution in [3.8, 4) is 0 Å². The average molecular weight is 341 g/mol. The summed E-state index contributed by atoms with van der Waals surface area (Å²) in [7, 11) is 0. The van der Waals surface area contributed by atoms with E-state index >= 15 is 0 Å². The van der Waals surface area contributed by atoms with E-state index in [4.69, 9.17) is 23.1 Å². The first-order valence-electron chi connectivity index (χ1n) is 5.39. The lowest BCUT2D eigenvalue weighted by molar-refractivity contribution is 0.100. The molecule has 98 valence electrons. The summed E-state index contributed by atoms with van der Waals surface area (Å²) in [5, 5.41) is 3.69. The highest BCUT2D eigenvalue weighted by atomic mass is 79.9. The van der Waals surface area contributed by atoms with E-state index < -0.39 is 5.91 Å². The fourth-order valence-corrected chi connectivity index (χ4v) is 2.13. The summed E-state index contributed by atoms with van der Waals surface area (Å²) in [4.78, 5) is 11.4. The third-order valence-electron chi connectivity index (χ3n) is 2.51. The largest absolute Gasteiger partial charge is 0.399 e. The zero-order valence-electron chi connectivity index (χ0n) is 9.78. The molecule has 0 aliphatic heterocycles. The Balaban J connectivity index is 2.43. The van der Waals surface area contributed by atoms with Crippen molar-refractivity contribution in [2.24, 2.45) is 5.73 Å². The summed E-state index contributed by atoms with van der Waals surface area (Å²) >= 11 is 9.34. The number of nitrogens with two attached hydrogens (primary N) is 2. The predicted octanol–water partition coefficient (Wildman–Crippen LogP) is 3.53. The molecule has 1 amide bonds. The van der Waals surface area contributed by atoms with Gasteiger partial charge in [0.2, 0.25) is 0 Å². The molecule has 0 radical (unpaired) electrons. The topological polar surface area (TPSA) is 81.1 Å². The second-order valence-electron chi connectivity index (χ2n) is 3.92. The van der Waals surface area contributed by atoms with E-state index in [2.05, 4.69) is 21.2 Å². The van der Waals surface area contributed by atoms with Gasteiger partial charge < -0.3 is 16.8 Å². The maximum absolute atomic E-state index is 11.4. The Bertz CT molecular complexity index is 646. The molecule has 0 aliphatic rings. The number of carbonyl (C=O) groups is 1. The zero-order valence-corrected chi connectivity index (χ0v) is 12.1. The Kier molecular flexibility index (Phi) is 3.97. The molecule has 5 N–H and O–H groups in total. The number of rotatable bonds is 3. The summed E-state index contributed by atoms with van der Waals surface area (Å²) < 4.78 is 0.823. The third kappa shape index (κ3) is 3.19. The SMILES string of the molecule is NC(=O)c1cc(N)ccc1Nc1cc(Cl)ccc1Br. The molecule has 0 fully saturated rings. The van der Waals surface area contributed by atoms with Crippen LogP contribution in [0.15, 0.2) is 40.9 Å². The molecule has 6 heteroatoms. The smallest absolute Gasteiger partial charge is 0.250 e. The normalized spacial score (nSPS) is 10.2. The van der Waals surface area contributed by atoms with Gasteiger partial charge in [-0.15, -0.1) is 0 Å². The van der Waals surface area contributed by atoms with E-state index in [9.17, 15) is 4.79 Å². The Morgan fingerprint density at radius 1 is 1.16 bits per heavy atom. The summed E-state index contributed by atoms with van der Waals surface area (Å²) in [6, 6.07) is 10.2. The van der Waals surface area contributed by atoms with Crippen LogP contribution in [0.3, 0.4) is 0 Å². The molecule has 0 unspecified atom stereocenters. The number of hydrogen-bond acceptors (Lipinski definition) is 3. The van der Waals surface area contributed by atoms with Crippen LogP contribution in [0.1, 0.15) is 10.4 Å². The predicted molar refractivity (Wildman–Crippen MR) is 81.8 cm³/mol. The lowest BCUT2D eigenvalue weighted by atomic mass is 10.1. The highest BCUT2D eigenvalue weighted by Crippen LogP contribution is 2.30. The van der Waals surface area contributed by atoms with Gasteiger partial charge in [-0.25, -0.2) is 0 Å². The molecule has 0 aromatic heterocycles. The first-order valence-corrected chi connectivity index (χ1v) is 6.56. The summed E-state index contributed by atoms with van der Waals surface area (Å²) in [6.45, 7) is 0. The molecule has 19 heavy (non-hydrogen) atoms. The number of halogens is 2. The standard InChI is InChI=1S/C13H11BrClN3O/c14-10-3-1-7(15)5-12(10)18-11-4-2-8(16)6-9(11)13(17)19/h1-6,18H,16H2,(H2,17,19). The van der Waals surface area contributed by atoms with Crippen molar-refractivity contribution in [2.75, 3.05) is 11.1 Å². The number of primary amides is 1. The molecule has 0 saturated carbocycles. The monoisotopic (exact) mass is 339 g/mol. The first-order chi connectivity index (χ1) is 8.97. The number of nitrogen functional groups attached to an aromatic ring is 1. The number of anilines is 3. The number of carbonyl (C=O) groups excluding carboxylic acids is 1. The minimum absolute atomic E-state index is 0.326. The molecule has 2 aromatic rings. The van der Waals surface area contributed by atoms with Gasteiger partial charge in [0.15, 0.2) is 0 Å². The lowest BCUT2D eigenvalue weighted by Gasteiger charge is -2.12. The maximum atomic E-state index is 11.4. The van der Waals surface area contributed by atoms with Crippen LogP contribution in [0.25, 0.3) is 0 Å². The van der Waals surface area contributed by atoms with Crippen LogP contribution in [0, 0.1) is 0 Å². The minimum atomic E-state index is -0.548. The van der Waals surface area contributed by atoms with Gasteiger partial charge in [-0.3, -0.25) is 4.79 Å². The van der Waals surface area contributed by atoms with Gasteiger partial charge in [-0.2, -0.15) is 0 Å². The number of amides is 1. The molecular weight excluding hydrogens is 330 g/mol. The number of hydrogen-bond donors (Lipinski definition) is 3.